The van der Waals surface area contributed by atoms with Gasteiger partial charge in [0.1, 0.15) is 11.8 Å². The lowest BCUT2D eigenvalue weighted by molar-refractivity contribution is -0.117. The molecule has 0 aromatic rings. The van der Waals surface area contributed by atoms with Gasteiger partial charge in [-0.15, -0.1) is 0 Å². The molecule has 0 fully saturated rings. The molecular weight excluding hydrogens is 334 g/mol. The molecule has 0 saturated carbocycles. The van der Waals surface area contributed by atoms with E-state index in [1.807, 2.05) is 6.08 Å². The molecule has 1 heterocycles. The van der Waals surface area contributed by atoms with E-state index in [1.54, 1.807) is 0 Å². The first kappa shape index (κ1) is 24.2. The molecule has 0 aromatic carbocycles. The number of hydroxylamine groups is 1. The quantitative estimate of drug-likeness (QED) is 0.237. The highest BCUT2D eigenvalue weighted by Crippen LogP contribution is 2.18. The average Bonchev–Trinajstić information content (AvgIpc) is 3.15. The third-order valence-electron chi connectivity index (χ3n) is 5.57. The van der Waals surface area contributed by atoms with Gasteiger partial charge in [-0.05, 0) is 18.9 Å². The molecule has 1 rings (SSSR count). The summed E-state index contributed by atoms with van der Waals surface area (Å²) in [7, 11) is 0. The topological polar surface area (TPSA) is 38.3 Å². The molecule has 3 heteroatoms. The molecule has 0 aromatic heterocycles. The van der Waals surface area contributed by atoms with Gasteiger partial charge in [0.15, 0.2) is 5.78 Å². The fraction of sp³-hybridized carbons (Fsp3) is 0.875. The minimum Gasteiger partial charge on any atom is -0.292 e. The highest BCUT2D eigenvalue weighted by Gasteiger charge is 2.20. The Bertz CT molecular complexity index is 392. The highest BCUT2D eigenvalue weighted by molar-refractivity contribution is 5.94. The van der Waals surface area contributed by atoms with E-state index in [0.717, 1.165) is 12.8 Å². The van der Waals surface area contributed by atoms with E-state index in [1.165, 1.54) is 96.3 Å². The standard InChI is InChI=1S/C24H45NO2/c1-3-5-7-9-11-12-13-14-16-18-20-24(26)23-21-22(27-25-23)19-17-15-10-8-6-4-2/h21-22,25H,3-20H2,1-2H3. The van der Waals surface area contributed by atoms with Crippen LogP contribution in [0.25, 0.3) is 0 Å². The van der Waals surface area contributed by atoms with Crippen LogP contribution in [-0.4, -0.2) is 11.9 Å². The van der Waals surface area contributed by atoms with E-state index < -0.39 is 0 Å². The smallest absolute Gasteiger partial charge is 0.180 e. The molecule has 1 aliphatic heterocycles. The third kappa shape index (κ3) is 13.1. The van der Waals surface area contributed by atoms with Crippen LogP contribution in [0.3, 0.4) is 0 Å². The van der Waals surface area contributed by atoms with Gasteiger partial charge in [-0.25, -0.2) is 0 Å². The molecule has 1 N–H and O–H groups in total. The van der Waals surface area contributed by atoms with Crippen molar-refractivity contribution in [1.82, 2.24) is 5.48 Å². The zero-order chi connectivity index (χ0) is 19.6. The SMILES string of the molecule is CCCCCCCCCCCCC(=O)C1=CC(CCCCCCCC)ON1. The number of allylic oxidation sites excluding steroid dienone is 1. The Morgan fingerprint density at radius 2 is 1.26 bits per heavy atom. The molecule has 158 valence electrons. The largest absolute Gasteiger partial charge is 0.292 e. The second-order valence-electron chi connectivity index (χ2n) is 8.25. The molecule has 0 aliphatic carbocycles. The number of unbranched alkanes of at least 4 members (excludes halogenated alkanes) is 14. The first-order valence-electron chi connectivity index (χ1n) is 11.9. The summed E-state index contributed by atoms with van der Waals surface area (Å²) in [5.41, 5.74) is 3.56. The summed E-state index contributed by atoms with van der Waals surface area (Å²) < 4.78 is 0. The maximum Gasteiger partial charge on any atom is 0.180 e. The second kappa shape index (κ2) is 17.3. The summed E-state index contributed by atoms with van der Waals surface area (Å²) in [6.45, 7) is 4.51. The van der Waals surface area contributed by atoms with Crippen LogP contribution < -0.4 is 5.48 Å². The van der Waals surface area contributed by atoms with Crippen molar-refractivity contribution in [2.75, 3.05) is 0 Å². The van der Waals surface area contributed by atoms with Crippen molar-refractivity contribution in [2.45, 2.75) is 136 Å². The minimum atomic E-state index is 0.0860. The van der Waals surface area contributed by atoms with E-state index in [0.29, 0.717) is 12.1 Å². The van der Waals surface area contributed by atoms with Gasteiger partial charge in [0.2, 0.25) is 0 Å². The van der Waals surface area contributed by atoms with Crippen molar-refractivity contribution >= 4 is 5.78 Å². The number of rotatable bonds is 19. The van der Waals surface area contributed by atoms with E-state index in [-0.39, 0.29) is 11.9 Å². The van der Waals surface area contributed by atoms with Gasteiger partial charge in [0, 0.05) is 6.42 Å². The van der Waals surface area contributed by atoms with E-state index >= 15 is 0 Å². The summed E-state index contributed by atoms with van der Waals surface area (Å²) in [4.78, 5) is 17.8. The maximum absolute atomic E-state index is 12.3. The number of carbonyl (C=O) groups is 1. The molecule has 3 nitrogen and oxygen atoms in total. The lowest BCUT2D eigenvalue weighted by Gasteiger charge is -2.06. The molecule has 0 radical (unpaired) electrons. The van der Waals surface area contributed by atoms with Crippen LogP contribution in [-0.2, 0) is 9.63 Å². The molecular formula is C24H45NO2. The summed E-state index contributed by atoms with van der Waals surface area (Å²) >= 11 is 0. The molecule has 1 atom stereocenters. The van der Waals surface area contributed by atoms with E-state index in [9.17, 15) is 4.79 Å². The molecule has 0 bridgehead atoms. The highest BCUT2D eigenvalue weighted by atomic mass is 16.7. The number of hydrogen-bond donors (Lipinski definition) is 1. The van der Waals surface area contributed by atoms with Crippen LogP contribution in [0.1, 0.15) is 129 Å². The van der Waals surface area contributed by atoms with Crippen molar-refractivity contribution in [2.24, 2.45) is 0 Å². The first-order valence-corrected chi connectivity index (χ1v) is 11.9. The number of nitrogens with one attached hydrogen (secondary N) is 1. The molecule has 0 saturated heterocycles. The third-order valence-corrected chi connectivity index (χ3v) is 5.57. The summed E-state index contributed by atoms with van der Waals surface area (Å²) in [6, 6.07) is 0. The van der Waals surface area contributed by atoms with E-state index in [4.69, 9.17) is 4.84 Å². The molecule has 27 heavy (non-hydrogen) atoms. The monoisotopic (exact) mass is 379 g/mol. The lowest BCUT2D eigenvalue weighted by atomic mass is 10.0. The second-order valence-corrected chi connectivity index (χ2v) is 8.25. The Hall–Kier alpha value is -0.830. The Balaban J connectivity index is 1.97. The van der Waals surface area contributed by atoms with Crippen LogP contribution in [0.15, 0.2) is 11.8 Å². The Kier molecular flexibility index (Phi) is 15.5. The van der Waals surface area contributed by atoms with E-state index in [2.05, 4.69) is 19.3 Å². The minimum absolute atomic E-state index is 0.0860. The van der Waals surface area contributed by atoms with Crippen LogP contribution in [0.2, 0.25) is 0 Å². The van der Waals surface area contributed by atoms with Gasteiger partial charge in [0.25, 0.3) is 0 Å². The number of ketones is 1. The summed E-state index contributed by atoms with van der Waals surface area (Å²) in [5.74, 6) is 0.222. The Morgan fingerprint density at radius 1 is 0.778 bits per heavy atom. The fourth-order valence-electron chi connectivity index (χ4n) is 3.72. The normalized spacial score (nSPS) is 16.4. The van der Waals surface area contributed by atoms with Crippen LogP contribution in [0.5, 0.6) is 0 Å². The van der Waals surface area contributed by atoms with Crippen LogP contribution >= 0.6 is 0 Å². The zero-order valence-electron chi connectivity index (χ0n) is 18.2. The van der Waals surface area contributed by atoms with Gasteiger partial charge >= 0.3 is 0 Å². The van der Waals surface area contributed by atoms with Gasteiger partial charge in [0.05, 0.1) is 0 Å². The predicted molar refractivity (Wildman–Crippen MR) is 116 cm³/mol. The Labute approximate surface area is 168 Å². The van der Waals surface area contributed by atoms with Crippen molar-refractivity contribution < 1.29 is 9.63 Å². The van der Waals surface area contributed by atoms with Gasteiger partial charge in [-0.2, -0.15) is 0 Å². The van der Waals surface area contributed by atoms with Gasteiger partial charge in [-0.1, -0.05) is 110 Å². The fourth-order valence-corrected chi connectivity index (χ4v) is 3.72. The number of Topliss-reactive ketones (excluding diaryl/α,β-unsaturated/α-hetero) is 1. The van der Waals surface area contributed by atoms with Gasteiger partial charge in [-0.3, -0.25) is 15.1 Å². The Morgan fingerprint density at radius 3 is 1.81 bits per heavy atom. The molecule has 1 aliphatic rings. The van der Waals surface area contributed by atoms with Crippen molar-refractivity contribution in [1.29, 1.82) is 0 Å². The maximum atomic E-state index is 12.3. The lowest BCUT2D eigenvalue weighted by Crippen LogP contribution is -2.16. The van der Waals surface area contributed by atoms with Crippen molar-refractivity contribution in [3.8, 4) is 0 Å². The van der Waals surface area contributed by atoms with Crippen molar-refractivity contribution in [3.63, 3.8) is 0 Å². The molecule has 0 amide bonds. The van der Waals surface area contributed by atoms with Crippen LogP contribution in [0.4, 0.5) is 0 Å². The molecule has 0 spiro atoms. The van der Waals surface area contributed by atoms with Crippen LogP contribution in [0, 0.1) is 0 Å². The predicted octanol–water partition coefficient (Wildman–Crippen LogP) is 7.40. The zero-order valence-corrected chi connectivity index (χ0v) is 18.2. The average molecular weight is 380 g/mol. The summed E-state index contributed by atoms with van der Waals surface area (Å²) in [5, 5.41) is 0. The number of carbonyl (C=O) groups excluding carboxylic acids is 1. The van der Waals surface area contributed by atoms with Gasteiger partial charge < -0.3 is 0 Å². The number of hydrogen-bond acceptors (Lipinski definition) is 3. The molecule has 1 unspecified atom stereocenters. The first-order chi connectivity index (χ1) is 13.3. The van der Waals surface area contributed by atoms with Crippen molar-refractivity contribution in [3.05, 3.63) is 11.8 Å². The summed E-state index contributed by atoms with van der Waals surface area (Å²) in [6.07, 6.45) is 24.6.